The zero-order valence-corrected chi connectivity index (χ0v) is 8.67. The van der Waals surface area contributed by atoms with Crippen LogP contribution in [0.15, 0.2) is 16.9 Å². The smallest absolute Gasteiger partial charge is 0.191 e. The van der Waals surface area contributed by atoms with E-state index in [0.29, 0.717) is 15.8 Å². The van der Waals surface area contributed by atoms with Gasteiger partial charge in [0.15, 0.2) is 16.7 Å². The van der Waals surface area contributed by atoms with Gasteiger partial charge in [0.05, 0.1) is 0 Å². The highest BCUT2D eigenvalue weighted by molar-refractivity contribution is 7.18. The Labute approximate surface area is 89.1 Å². The SMILES string of the molecule is CC(=O)c1sc(Nc2ccon2)nc1N. The molecule has 2 rings (SSSR count). The molecule has 2 aromatic heterocycles. The highest BCUT2D eigenvalue weighted by Crippen LogP contribution is 2.27. The second-order valence-electron chi connectivity index (χ2n) is 2.80. The Bertz CT molecular complexity index is 477. The summed E-state index contributed by atoms with van der Waals surface area (Å²) in [6.45, 7) is 1.45. The lowest BCUT2D eigenvalue weighted by Gasteiger charge is -1.92. The Morgan fingerprint density at radius 1 is 1.67 bits per heavy atom. The van der Waals surface area contributed by atoms with Gasteiger partial charge in [-0.2, -0.15) is 0 Å². The number of carbonyl (C=O) groups excluding carboxylic acids is 1. The maximum atomic E-state index is 11.1. The number of thiazole rings is 1. The fourth-order valence-corrected chi connectivity index (χ4v) is 1.81. The number of hydrogen-bond donors (Lipinski definition) is 2. The number of nitrogens with one attached hydrogen (secondary N) is 1. The van der Waals surface area contributed by atoms with Crippen molar-refractivity contribution in [2.75, 3.05) is 11.1 Å². The lowest BCUT2D eigenvalue weighted by molar-refractivity contribution is 0.102. The second kappa shape index (κ2) is 3.70. The lowest BCUT2D eigenvalue weighted by Crippen LogP contribution is -1.95. The van der Waals surface area contributed by atoms with Crippen LogP contribution < -0.4 is 11.1 Å². The number of aromatic nitrogens is 2. The predicted molar refractivity (Wildman–Crippen MR) is 56.3 cm³/mol. The first-order valence-corrected chi connectivity index (χ1v) is 4.93. The minimum atomic E-state index is -0.0989. The van der Waals surface area contributed by atoms with Crippen molar-refractivity contribution >= 4 is 33.9 Å². The van der Waals surface area contributed by atoms with Crippen molar-refractivity contribution in [2.24, 2.45) is 0 Å². The topological polar surface area (TPSA) is 94.0 Å². The molecular formula is C8H8N4O2S. The first-order chi connectivity index (χ1) is 7.16. The molecule has 6 nitrogen and oxygen atoms in total. The highest BCUT2D eigenvalue weighted by atomic mass is 32.1. The lowest BCUT2D eigenvalue weighted by atomic mass is 10.4. The molecule has 3 N–H and O–H groups in total. The van der Waals surface area contributed by atoms with Crippen LogP contribution in [0.25, 0.3) is 0 Å². The monoisotopic (exact) mass is 224 g/mol. The molecule has 2 heterocycles. The van der Waals surface area contributed by atoms with Crippen LogP contribution in [-0.4, -0.2) is 15.9 Å². The first-order valence-electron chi connectivity index (χ1n) is 4.11. The molecule has 0 aliphatic rings. The van der Waals surface area contributed by atoms with Gasteiger partial charge in [-0.05, 0) is 0 Å². The largest absolute Gasteiger partial charge is 0.382 e. The average molecular weight is 224 g/mol. The summed E-state index contributed by atoms with van der Waals surface area (Å²) in [6.07, 6.45) is 1.44. The van der Waals surface area contributed by atoms with Gasteiger partial charge >= 0.3 is 0 Å². The van der Waals surface area contributed by atoms with Crippen molar-refractivity contribution in [3.8, 4) is 0 Å². The third-order valence-corrected chi connectivity index (χ3v) is 2.73. The van der Waals surface area contributed by atoms with Crippen molar-refractivity contribution in [3.05, 3.63) is 17.2 Å². The minimum absolute atomic E-state index is 0.0989. The molecule has 0 atom stereocenters. The van der Waals surface area contributed by atoms with Crippen LogP contribution >= 0.6 is 11.3 Å². The average Bonchev–Trinajstić information content (AvgIpc) is 2.75. The molecule has 0 radical (unpaired) electrons. The van der Waals surface area contributed by atoms with Gasteiger partial charge in [0.2, 0.25) is 0 Å². The van der Waals surface area contributed by atoms with E-state index in [2.05, 4.69) is 20.0 Å². The quantitative estimate of drug-likeness (QED) is 0.770. The molecule has 0 saturated heterocycles. The normalized spacial score (nSPS) is 10.2. The maximum absolute atomic E-state index is 11.1. The summed E-state index contributed by atoms with van der Waals surface area (Å²) in [7, 11) is 0. The zero-order chi connectivity index (χ0) is 10.8. The van der Waals surface area contributed by atoms with Gasteiger partial charge in [-0.25, -0.2) is 4.98 Å². The summed E-state index contributed by atoms with van der Waals surface area (Å²) in [5.41, 5.74) is 5.57. The number of ketones is 1. The van der Waals surface area contributed by atoms with Crippen LogP contribution in [0.1, 0.15) is 16.6 Å². The zero-order valence-electron chi connectivity index (χ0n) is 7.85. The molecule has 0 unspecified atom stereocenters. The summed E-state index contributed by atoms with van der Waals surface area (Å²) in [5.74, 6) is 0.663. The molecule has 0 spiro atoms. The number of carbonyl (C=O) groups is 1. The van der Waals surface area contributed by atoms with Crippen LogP contribution in [0.2, 0.25) is 0 Å². The molecule has 0 aromatic carbocycles. The Kier molecular flexibility index (Phi) is 2.38. The Morgan fingerprint density at radius 3 is 3.00 bits per heavy atom. The summed E-state index contributed by atoms with van der Waals surface area (Å²) >= 11 is 1.19. The molecule has 0 aliphatic heterocycles. The molecule has 2 aromatic rings. The molecule has 0 amide bonds. The van der Waals surface area contributed by atoms with E-state index in [0.717, 1.165) is 0 Å². The summed E-state index contributed by atoms with van der Waals surface area (Å²) in [4.78, 5) is 15.5. The van der Waals surface area contributed by atoms with E-state index in [1.165, 1.54) is 24.5 Å². The van der Waals surface area contributed by atoms with Gasteiger partial charge in [-0.15, -0.1) is 0 Å². The fourth-order valence-electron chi connectivity index (χ4n) is 1.02. The van der Waals surface area contributed by atoms with E-state index in [-0.39, 0.29) is 11.6 Å². The number of nitrogen functional groups attached to an aromatic ring is 1. The van der Waals surface area contributed by atoms with Crippen LogP contribution in [0.3, 0.4) is 0 Å². The molecule has 78 valence electrons. The molecule has 7 heteroatoms. The fraction of sp³-hybridized carbons (Fsp3) is 0.125. The molecule has 0 aliphatic carbocycles. The molecule has 0 saturated carbocycles. The minimum Gasteiger partial charge on any atom is -0.382 e. The maximum Gasteiger partial charge on any atom is 0.191 e. The van der Waals surface area contributed by atoms with Crippen LogP contribution in [-0.2, 0) is 0 Å². The van der Waals surface area contributed by atoms with Gasteiger partial charge in [0.25, 0.3) is 0 Å². The van der Waals surface area contributed by atoms with Crippen molar-refractivity contribution in [1.29, 1.82) is 0 Å². The summed E-state index contributed by atoms with van der Waals surface area (Å²) < 4.78 is 4.64. The first kappa shape index (κ1) is 9.66. The highest BCUT2D eigenvalue weighted by Gasteiger charge is 2.12. The number of nitrogens with zero attached hydrogens (tertiary/aromatic N) is 2. The molecule has 15 heavy (non-hydrogen) atoms. The third kappa shape index (κ3) is 1.96. The van der Waals surface area contributed by atoms with Crippen molar-refractivity contribution in [3.63, 3.8) is 0 Å². The third-order valence-electron chi connectivity index (χ3n) is 1.65. The second-order valence-corrected chi connectivity index (χ2v) is 3.80. The summed E-state index contributed by atoms with van der Waals surface area (Å²) in [6, 6.07) is 1.64. The van der Waals surface area contributed by atoms with E-state index in [1.807, 2.05) is 0 Å². The van der Waals surface area contributed by atoms with Crippen LogP contribution in [0.4, 0.5) is 16.8 Å². The van der Waals surface area contributed by atoms with E-state index in [1.54, 1.807) is 6.07 Å². The Balaban J connectivity index is 2.23. The van der Waals surface area contributed by atoms with Crippen molar-refractivity contribution in [1.82, 2.24) is 10.1 Å². The van der Waals surface area contributed by atoms with E-state index in [4.69, 9.17) is 5.73 Å². The molecule has 0 fully saturated rings. The predicted octanol–water partition coefficient (Wildman–Crippen LogP) is 1.66. The molecule has 0 bridgehead atoms. The molecular weight excluding hydrogens is 216 g/mol. The Morgan fingerprint density at radius 2 is 2.47 bits per heavy atom. The number of rotatable bonds is 3. The number of hydrogen-bond acceptors (Lipinski definition) is 7. The number of Topliss-reactive ketones (excluding diaryl/α,β-unsaturated/α-hetero) is 1. The number of nitrogens with two attached hydrogens (primary N) is 1. The van der Waals surface area contributed by atoms with Gasteiger partial charge in [0.1, 0.15) is 17.0 Å². The summed E-state index contributed by atoms with van der Waals surface area (Å²) in [5, 5.41) is 7.04. The van der Waals surface area contributed by atoms with Crippen molar-refractivity contribution in [2.45, 2.75) is 6.92 Å². The number of anilines is 3. The van der Waals surface area contributed by atoms with Crippen LogP contribution in [0, 0.1) is 0 Å². The van der Waals surface area contributed by atoms with Crippen LogP contribution in [0.5, 0.6) is 0 Å². The Hall–Kier alpha value is -1.89. The van der Waals surface area contributed by atoms with Gasteiger partial charge in [-0.3, -0.25) is 4.79 Å². The van der Waals surface area contributed by atoms with E-state index < -0.39 is 0 Å². The van der Waals surface area contributed by atoms with Gasteiger partial charge in [-0.1, -0.05) is 16.5 Å². The van der Waals surface area contributed by atoms with E-state index in [9.17, 15) is 4.79 Å². The van der Waals surface area contributed by atoms with Crippen molar-refractivity contribution < 1.29 is 9.32 Å². The van der Waals surface area contributed by atoms with Gasteiger partial charge in [0, 0.05) is 13.0 Å². The van der Waals surface area contributed by atoms with Gasteiger partial charge < -0.3 is 15.6 Å². The van der Waals surface area contributed by atoms with E-state index >= 15 is 0 Å². The standard InChI is InChI=1S/C8H8N4O2S/c1-4(13)6-7(9)11-8(15-6)10-5-2-3-14-12-5/h2-3H,9H2,1H3,(H,10,11,12).